The average Bonchev–Trinajstić information content (AvgIpc) is 2.48. The van der Waals surface area contributed by atoms with Gasteiger partial charge in [-0.25, -0.2) is 8.42 Å². The summed E-state index contributed by atoms with van der Waals surface area (Å²) >= 11 is 11.6. The maximum atomic E-state index is 12.2. The van der Waals surface area contributed by atoms with Crippen molar-refractivity contribution >= 4 is 38.8 Å². The summed E-state index contributed by atoms with van der Waals surface area (Å²) < 4.78 is 24.4. The minimum Gasteiger partial charge on any atom is -0.294 e. The number of hydrogen-bond donors (Lipinski definition) is 0. The van der Waals surface area contributed by atoms with E-state index in [1.54, 1.807) is 24.3 Å². The molecule has 0 spiro atoms. The molecule has 0 aliphatic carbocycles. The van der Waals surface area contributed by atoms with E-state index >= 15 is 0 Å². The Morgan fingerprint density at radius 1 is 1.00 bits per heavy atom. The van der Waals surface area contributed by atoms with Crippen LogP contribution in [0.15, 0.2) is 47.4 Å². The van der Waals surface area contributed by atoms with Crippen molar-refractivity contribution in [3.05, 3.63) is 63.6 Å². The van der Waals surface area contributed by atoms with Gasteiger partial charge in [-0.1, -0.05) is 40.9 Å². The number of aryl methyl sites for hydroxylation is 1. The molecule has 0 saturated carbocycles. The van der Waals surface area contributed by atoms with Crippen LogP contribution in [-0.2, 0) is 9.84 Å². The van der Waals surface area contributed by atoms with E-state index in [4.69, 9.17) is 23.2 Å². The molecule has 2 rings (SSSR count). The maximum absolute atomic E-state index is 12.2. The number of sulfone groups is 1. The Hall–Kier alpha value is -1.36. The summed E-state index contributed by atoms with van der Waals surface area (Å²) in [5.41, 5.74) is 1.33. The van der Waals surface area contributed by atoms with Gasteiger partial charge in [-0.3, -0.25) is 4.79 Å². The van der Waals surface area contributed by atoms with Gasteiger partial charge in [0.2, 0.25) is 0 Å². The first-order valence-corrected chi connectivity index (χ1v) is 8.98. The number of carbonyl (C=O) groups excluding carboxylic acids is 1. The monoisotopic (exact) mass is 356 g/mol. The fraction of sp³-hybridized carbons (Fsp3) is 0.188. The van der Waals surface area contributed by atoms with Crippen molar-refractivity contribution in [2.45, 2.75) is 18.2 Å². The molecule has 0 aliphatic rings. The molecule has 2 aromatic rings. The minimum absolute atomic E-state index is 0.103. The highest BCUT2D eigenvalue weighted by Gasteiger charge is 2.17. The molecule has 0 aliphatic heterocycles. The van der Waals surface area contributed by atoms with Crippen molar-refractivity contribution in [1.29, 1.82) is 0 Å². The zero-order chi connectivity index (χ0) is 16.3. The molecular formula is C16H14Cl2O3S. The van der Waals surface area contributed by atoms with E-state index in [0.29, 0.717) is 10.6 Å². The number of hydrogen-bond acceptors (Lipinski definition) is 3. The van der Waals surface area contributed by atoms with E-state index in [-0.39, 0.29) is 27.9 Å². The molecule has 0 heterocycles. The first kappa shape index (κ1) is 17.0. The summed E-state index contributed by atoms with van der Waals surface area (Å²) in [5.74, 6) is -0.524. The number of Topliss-reactive ketones (excluding diaryl/α,β-unsaturated/α-hetero) is 1. The zero-order valence-corrected chi connectivity index (χ0v) is 14.2. The Labute approximate surface area is 139 Å². The Bertz CT molecular complexity index is 797. The lowest BCUT2D eigenvalue weighted by Gasteiger charge is -2.05. The Kier molecular flexibility index (Phi) is 5.27. The molecule has 0 N–H and O–H groups in total. The summed E-state index contributed by atoms with van der Waals surface area (Å²) in [7, 11) is -3.48. The van der Waals surface area contributed by atoms with E-state index in [0.717, 1.165) is 5.56 Å². The second-order valence-corrected chi connectivity index (χ2v) is 7.86. The molecule has 0 saturated heterocycles. The standard InChI is InChI=1S/C16H14Cl2O3S/c1-11-2-5-13(6-3-11)22(20,21)9-8-16(19)12-4-7-14(17)15(18)10-12/h2-7,10H,8-9H2,1H3. The van der Waals surface area contributed by atoms with Crippen LogP contribution in [0, 0.1) is 6.92 Å². The van der Waals surface area contributed by atoms with Crippen molar-refractivity contribution in [1.82, 2.24) is 0 Å². The minimum atomic E-state index is -3.48. The van der Waals surface area contributed by atoms with Crippen LogP contribution < -0.4 is 0 Å². The van der Waals surface area contributed by atoms with Crippen LogP contribution in [0.2, 0.25) is 10.0 Å². The van der Waals surface area contributed by atoms with E-state index in [1.807, 2.05) is 6.92 Å². The van der Waals surface area contributed by atoms with Crippen LogP contribution in [0.4, 0.5) is 0 Å². The smallest absolute Gasteiger partial charge is 0.178 e. The van der Waals surface area contributed by atoms with Crippen LogP contribution >= 0.6 is 23.2 Å². The van der Waals surface area contributed by atoms with Crippen molar-refractivity contribution in [3.63, 3.8) is 0 Å². The molecule has 6 heteroatoms. The predicted molar refractivity (Wildman–Crippen MR) is 88.6 cm³/mol. The molecule has 0 radical (unpaired) electrons. The number of benzene rings is 2. The van der Waals surface area contributed by atoms with Crippen molar-refractivity contribution in [2.75, 3.05) is 5.75 Å². The van der Waals surface area contributed by atoms with Crippen molar-refractivity contribution < 1.29 is 13.2 Å². The van der Waals surface area contributed by atoms with Gasteiger partial charge in [0.15, 0.2) is 15.6 Å². The molecular weight excluding hydrogens is 343 g/mol. The largest absolute Gasteiger partial charge is 0.294 e. The highest BCUT2D eigenvalue weighted by molar-refractivity contribution is 7.91. The summed E-state index contributed by atoms with van der Waals surface area (Å²) in [6.45, 7) is 1.88. The molecule has 22 heavy (non-hydrogen) atoms. The normalized spacial score (nSPS) is 11.4. The predicted octanol–water partition coefficient (Wildman–Crippen LogP) is 4.35. The zero-order valence-electron chi connectivity index (χ0n) is 11.8. The number of rotatable bonds is 5. The van der Waals surface area contributed by atoms with Gasteiger partial charge in [-0.2, -0.15) is 0 Å². The van der Waals surface area contributed by atoms with Gasteiger partial charge in [-0.15, -0.1) is 0 Å². The van der Waals surface area contributed by atoms with Crippen molar-refractivity contribution in [2.24, 2.45) is 0 Å². The molecule has 0 unspecified atom stereocenters. The Morgan fingerprint density at radius 2 is 1.64 bits per heavy atom. The third-order valence-corrected chi connectivity index (χ3v) is 5.69. The molecule has 0 fully saturated rings. The third-order valence-electron chi connectivity index (χ3n) is 3.22. The third kappa shape index (κ3) is 4.09. The molecule has 0 atom stereocenters. The van der Waals surface area contributed by atoms with E-state index in [9.17, 15) is 13.2 Å². The average molecular weight is 357 g/mol. The Balaban J connectivity index is 2.09. The van der Waals surface area contributed by atoms with E-state index < -0.39 is 9.84 Å². The lowest BCUT2D eigenvalue weighted by Crippen LogP contribution is -2.11. The van der Waals surface area contributed by atoms with Gasteiger partial charge in [0.1, 0.15) is 0 Å². The highest BCUT2D eigenvalue weighted by Crippen LogP contribution is 2.23. The molecule has 2 aromatic carbocycles. The van der Waals surface area contributed by atoms with E-state index in [1.165, 1.54) is 18.2 Å². The van der Waals surface area contributed by atoms with Crippen LogP contribution in [-0.4, -0.2) is 20.0 Å². The topological polar surface area (TPSA) is 51.2 Å². The quantitative estimate of drug-likeness (QED) is 0.748. The van der Waals surface area contributed by atoms with Gasteiger partial charge in [-0.05, 0) is 37.3 Å². The highest BCUT2D eigenvalue weighted by atomic mass is 35.5. The molecule has 0 amide bonds. The fourth-order valence-electron chi connectivity index (χ4n) is 1.90. The van der Waals surface area contributed by atoms with E-state index in [2.05, 4.69) is 0 Å². The van der Waals surface area contributed by atoms with Crippen LogP contribution in [0.3, 0.4) is 0 Å². The first-order valence-electron chi connectivity index (χ1n) is 6.57. The maximum Gasteiger partial charge on any atom is 0.178 e. The van der Waals surface area contributed by atoms with Gasteiger partial charge < -0.3 is 0 Å². The SMILES string of the molecule is Cc1ccc(S(=O)(=O)CCC(=O)c2ccc(Cl)c(Cl)c2)cc1. The molecule has 0 aromatic heterocycles. The molecule has 3 nitrogen and oxygen atoms in total. The first-order chi connectivity index (χ1) is 10.3. The van der Waals surface area contributed by atoms with Gasteiger partial charge >= 0.3 is 0 Å². The number of ketones is 1. The van der Waals surface area contributed by atoms with Crippen LogP contribution in [0.1, 0.15) is 22.3 Å². The summed E-state index contributed by atoms with van der Waals surface area (Å²) in [4.78, 5) is 12.3. The number of carbonyl (C=O) groups is 1. The second-order valence-electron chi connectivity index (χ2n) is 4.93. The lowest BCUT2D eigenvalue weighted by molar-refractivity contribution is 0.0989. The van der Waals surface area contributed by atoms with Gasteiger partial charge in [0.25, 0.3) is 0 Å². The summed E-state index contributed by atoms with van der Waals surface area (Å²) in [5, 5.41) is 0.624. The number of halogens is 2. The molecule has 116 valence electrons. The Morgan fingerprint density at radius 3 is 2.23 bits per heavy atom. The van der Waals surface area contributed by atoms with Crippen LogP contribution in [0.5, 0.6) is 0 Å². The summed E-state index contributed by atoms with van der Waals surface area (Å²) in [6.07, 6.45) is -0.103. The van der Waals surface area contributed by atoms with Gasteiger partial charge in [0.05, 0.1) is 20.7 Å². The second kappa shape index (κ2) is 6.82. The fourth-order valence-corrected chi connectivity index (χ4v) is 3.44. The van der Waals surface area contributed by atoms with Crippen molar-refractivity contribution in [3.8, 4) is 0 Å². The molecule has 0 bridgehead atoms. The summed E-state index contributed by atoms with van der Waals surface area (Å²) in [6, 6.07) is 11.1. The lowest BCUT2D eigenvalue weighted by atomic mass is 10.1. The van der Waals surface area contributed by atoms with Gasteiger partial charge in [0, 0.05) is 12.0 Å². The van der Waals surface area contributed by atoms with Crippen LogP contribution in [0.25, 0.3) is 0 Å².